The number of hydrogen-bond donors (Lipinski definition) is 4. The van der Waals surface area contributed by atoms with Crippen LogP contribution in [0.4, 0.5) is 0 Å². The number of thiocarbonyl (C=S) groups is 1. The van der Waals surface area contributed by atoms with Crippen molar-refractivity contribution in [3.63, 3.8) is 0 Å². The first-order chi connectivity index (χ1) is 11.5. The summed E-state index contributed by atoms with van der Waals surface area (Å²) in [5.41, 5.74) is 13.1. The highest BCUT2D eigenvalue weighted by atomic mass is 32.1. The molecular weight excluding hydrogens is 324 g/mol. The summed E-state index contributed by atoms with van der Waals surface area (Å²) in [4.78, 5) is 23.8. The second kappa shape index (κ2) is 8.07. The van der Waals surface area contributed by atoms with Gasteiger partial charge in [-0.1, -0.05) is 35.4 Å². The molecule has 0 spiro atoms. The standard InChI is InChI=1S/C17H18N4O2S/c1-11-3-7-13(8-4-11)15(22)18-20-17(24)21-19-16(23)14-9-5-12(2)6-10-14/h3-10H,1-2H3,(H,18,22)(H,19,23)(H2,20,21,24). The van der Waals surface area contributed by atoms with E-state index < -0.39 is 0 Å². The molecule has 2 rings (SSSR count). The van der Waals surface area contributed by atoms with E-state index >= 15 is 0 Å². The zero-order valence-corrected chi connectivity index (χ0v) is 14.2. The van der Waals surface area contributed by atoms with Crippen molar-refractivity contribution in [2.45, 2.75) is 13.8 Å². The molecule has 0 aromatic heterocycles. The van der Waals surface area contributed by atoms with Crippen LogP contribution in [0.25, 0.3) is 0 Å². The highest BCUT2D eigenvalue weighted by molar-refractivity contribution is 7.80. The van der Waals surface area contributed by atoms with Gasteiger partial charge in [0.05, 0.1) is 0 Å². The molecule has 0 radical (unpaired) electrons. The van der Waals surface area contributed by atoms with Gasteiger partial charge in [0, 0.05) is 11.1 Å². The Balaban J connectivity index is 1.77. The average molecular weight is 342 g/mol. The van der Waals surface area contributed by atoms with Gasteiger partial charge in [0.1, 0.15) is 0 Å². The van der Waals surface area contributed by atoms with Gasteiger partial charge in [-0.15, -0.1) is 0 Å². The summed E-state index contributed by atoms with van der Waals surface area (Å²) >= 11 is 4.98. The fraction of sp³-hybridized carbons (Fsp3) is 0.118. The van der Waals surface area contributed by atoms with Crippen LogP contribution < -0.4 is 21.7 Å². The molecule has 0 fully saturated rings. The first kappa shape index (κ1) is 17.4. The van der Waals surface area contributed by atoms with Crippen molar-refractivity contribution in [2.75, 3.05) is 0 Å². The number of hydrogen-bond acceptors (Lipinski definition) is 3. The quantitative estimate of drug-likeness (QED) is 0.494. The Hall–Kier alpha value is -2.93. The van der Waals surface area contributed by atoms with Crippen LogP contribution in [0.3, 0.4) is 0 Å². The van der Waals surface area contributed by atoms with E-state index in [4.69, 9.17) is 12.2 Å². The molecule has 24 heavy (non-hydrogen) atoms. The molecule has 2 aromatic carbocycles. The third kappa shape index (κ3) is 5.06. The smallest absolute Gasteiger partial charge is 0.269 e. The SMILES string of the molecule is Cc1ccc(C(=O)NNC(=S)NNC(=O)c2ccc(C)cc2)cc1. The molecule has 2 aromatic rings. The van der Waals surface area contributed by atoms with E-state index in [0.29, 0.717) is 11.1 Å². The monoisotopic (exact) mass is 342 g/mol. The molecule has 124 valence electrons. The van der Waals surface area contributed by atoms with Gasteiger partial charge in [-0.25, -0.2) is 0 Å². The summed E-state index contributed by atoms with van der Waals surface area (Å²) in [6.45, 7) is 3.88. The van der Waals surface area contributed by atoms with Gasteiger partial charge in [-0.2, -0.15) is 0 Å². The van der Waals surface area contributed by atoms with Crippen molar-refractivity contribution in [3.8, 4) is 0 Å². The molecule has 0 saturated heterocycles. The topological polar surface area (TPSA) is 82.3 Å². The number of benzene rings is 2. The van der Waals surface area contributed by atoms with Crippen LogP contribution in [0.15, 0.2) is 48.5 Å². The molecule has 0 unspecified atom stereocenters. The van der Waals surface area contributed by atoms with Crippen molar-refractivity contribution in [1.82, 2.24) is 21.7 Å². The first-order valence-electron chi connectivity index (χ1n) is 7.26. The molecule has 4 N–H and O–H groups in total. The Morgan fingerprint density at radius 3 is 1.33 bits per heavy atom. The molecule has 6 nitrogen and oxygen atoms in total. The van der Waals surface area contributed by atoms with Crippen molar-refractivity contribution in [3.05, 3.63) is 70.8 Å². The lowest BCUT2D eigenvalue weighted by Crippen LogP contribution is -2.52. The van der Waals surface area contributed by atoms with Gasteiger partial charge < -0.3 is 0 Å². The Bertz CT molecular complexity index is 679. The van der Waals surface area contributed by atoms with E-state index in [1.54, 1.807) is 24.3 Å². The summed E-state index contributed by atoms with van der Waals surface area (Å²) in [7, 11) is 0. The molecule has 7 heteroatoms. The highest BCUT2D eigenvalue weighted by Crippen LogP contribution is 2.03. The van der Waals surface area contributed by atoms with E-state index in [1.165, 1.54) is 0 Å². The minimum Gasteiger partial charge on any atom is -0.273 e. The summed E-state index contributed by atoms with van der Waals surface area (Å²) < 4.78 is 0. The predicted octanol–water partition coefficient (Wildman–Crippen LogP) is 1.76. The normalized spacial score (nSPS) is 9.75. The maximum atomic E-state index is 11.9. The summed E-state index contributed by atoms with van der Waals surface area (Å²) in [5.74, 6) is -0.659. The molecular formula is C17H18N4O2S. The lowest BCUT2D eigenvalue weighted by Gasteiger charge is -2.12. The minimum absolute atomic E-state index is 0.0657. The number of aryl methyl sites for hydroxylation is 2. The van der Waals surface area contributed by atoms with Gasteiger partial charge in [0.25, 0.3) is 11.8 Å². The van der Waals surface area contributed by atoms with E-state index in [2.05, 4.69) is 21.7 Å². The third-order valence-electron chi connectivity index (χ3n) is 3.21. The van der Waals surface area contributed by atoms with E-state index in [1.807, 2.05) is 38.1 Å². The molecule has 0 aliphatic carbocycles. The Morgan fingerprint density at radius 2 is 1.00 bits per heavy atom. The lowest BCUT2D eigenvalue weighted by atomic mass is 10.1. The summed E-state index contributed by atoms with van der Waals surface area (Å²) in [6, 6.07) is 14.2. The predicted molar refractivity (Wildman–Crippen MR) is 96.2 cm³/mol. The Morgan fingerprint density at radius 1 is 0.667 bits per heavy atom. The van der Waals surface area contributed by atoms with Gasteiger partial charge >= 0.3 is 0 Å². The van der Waals surface area contributed by atoms with Crippen molar-refractivity contribution >= 4 is 29.1 Å². The van der Waals surface area contributed by atoms with Gasteiger partial charge in [0.2, 0.25) is 5.11 Å². The zero-order valence-electron chi connectivity index (χ0n) is 13.3. The molecule has 2 amide bonds. The Labute approximate surface area is 145 Å². The van der Waals surface area contributed by atoms with Crippen molar-refractivity contribution in [2.24, 2.45) is 0 Å². The number of hydrazine groups is 2. The van der Waals surface area contributed by atoms with E-state index in [0.717, 1.165) is 11.1 Å². The van der Waals surface area contributed by atoms with Crippen LogP contribution in [0.1, 0.15) is 31.8 Å². The number of nitrogens with one attached hydrogen (secondary N) is 4. The number of amides is 2. The summed E-state index contributed by atoms with van der Waals surface area (Å²) in [5, 5.41) is 0.0657. The highest BCUT2D eigenvalue weighted by Gasteiger charge is 2.07. The van der Waals surface area contributed by atoms with Crippen LogP contribution in [0.2, 0.25) is 0 Å². The van der Waals surface area contributed by atoms with Crippen molar-refractivity contribution < 1.29 is 9.59 Å². The van der Waals surface area contributed by atoms with Gasteiger partial charge in [0.15, 0.2) is 0 Å². The molecule has 0 bridgehead atoms. The largest absolute Gasteiger partial charge is 0.273 e. The van der Waals surface area contributed by atoms with Gasteiger partial charge in [-0.05, 0) is 50.3 Å². The average Bonchev–Trinajstić information content (AvgIpc) is 2.58. The van der Waals surface area contributed by atoms with Crippen LogP contribution in [-0.4, -0.2) is 16.9 Å². The maximum absolute atomic E-state index is 11.9. The fourth-order valence-corrected chi connectivity index (χ4v) is 1.91. The Kier molecular flexibility index (Phi) is 5.86. The number of carbonyl (C=O) groups excluding carboxylic acids is 2. The third-order valence-corrected chi connectivity index (χ3v) is 3.41. The van der Waals surface area contributed by atoms with E-state index in [-0.39, 0.29) is 16.9 Å². The minimum atomic E-state index is -0.330. The van der Waals surface area contributed by atoms with Crippen LogP contribution in [-0.2, 0) is 0 Å². The fourth-order valence-electron chi connectivity index (χ4n) is 1.81. The first-order valence-corrected chi connectivity index (χ1v) is 7.66. The molecule has 0 heterocycles. The molecule has 0 aliphatic rings. The lowest BCUT2D eigenvalue weighted by molar-refractivity contribution is 0.0943. The molecule has 0 atom stereocenters. The number of rotatable bonds is 2. The maximum Gasteiger partial charge on any atom is 0.269 e. The second-order valence-electron chi connectivity index (χ2n) is 5.22. The van der Waals surface area contributed by atoms with Crippen molar-refractivity contribution in [1.29, 1.82) is 0 Å². The van der Waals surface area contributed by atoms with Crippen LogP contribution >= 0.6 is 12.2 Å². The van der Waals surface area contributed by atoms with Gasteiger partial charge in [-0.3, -0.25) is 31.3 Å². The van der Waals surface area contributed by atoms with E-state index in [9.17, 15) is 9.59 Å². The second-order valence-corrected chi connectivity index (χ2v) is 5.63. The van der Waals surface area contributed by atoms with Crippen LogP contribution in [0, 0.1) is 13.8 Å². The number of carbonyl (C=O) groups is 2. The summed E-state index contributed by atoms with van der Waals surface area (Å²) in [6.07, 6.45) is 0. The molecule has 0 aliphatic heterocycles. The van der Waals surface area contributed by atoms with Crippen LogP contribution in [0.5, 0.6) is 0 Å². The zero-order chi connectivity index (χ0) is 17.5. The molecule has 0 saturated carbocycles.